The van der Waals surface area contributed by atoms with Gasteiger partial charge in [-0.15, -0.1) is 0 Å². The molecule has 2 aromatic carbocycles. The zero-order valence-electron chi connectivity index (χ0n) is 28.9. The fourth-order valence-corrected chi connectivity index (χ4v) is 9.05. The maximum Gasteiger partial charge on any atom is -0.00234 e. The maximum absolute atomic E-state index is 2.62. The molecule has 3 aliphatic rings. The van der Waals surface area contributed by atoms with Gasteiger partial charge in [-0.25, -0.2) is 0 Å². The molecule has 2 saturated carbocycles. The number of aryl methyl sites for hydroxylation is 1. The van der Waals surface area contributed by atoms with Crippen molar-refractivity contribution in [2.75, 3.05) is 0 Å². The van der Waals surface area contributed by atoms with Crippen LogP contribution < -0.4 is 0 Å². The summed E-state index contributed by atoms with van der Waals surface area (Å²) in [6.45, 7) is 16.6. The highest BCUT2D eigenvalue weighted by Gasteiger charge is 2.32. The number of hydrogen-bond acceptors (Lipinski definition) is 0. The third kappa shape index (κ3) is 7.96. The molecule has 5 rings (SSSR count). The minimum atomic E-state index is 0.173. The van der Waals surface area contributed by atoms with Gasteiger partial charge in [0, 0.05) is 0 Å². The van der Waals surface area contributed by atoms with Gasteiger partial charge in [0.25, 0.3) is 0 Å². The van der Waals surface area contributed by atoms with E-state index in [9.17, 15) is 0 Å². The fourth-order valence-electron chi connectivity index (χ4n) is 9.05. The van der Waals surface area contributed by atoms with Gasteiger partial charge in [-0.1, -0.05) is 108 Å². The molecule has 0 nitrogen and oxygen atoms in total. The van der Waals surface area contributed by atoms with Crippen LogP contribution in [0.25, 0.3) is 0 Å². The van der Waals surface area contributed by atoms with Gasteiger partial charge in [-0.2, -0.15) is 0 Å². The van der Waals surface area contributed by atoms with E-state index in [4.69, 9.17) is 0 Å². The van der Waals surface area contributed by atoms with E-state index < -0.39 is 0 Å². The predicted molar refractivity (Wildman–Crippen MR) is 188 cm³/mol. The first-order chi connectivity index (χ1) is 20.7. The minimum Gasteiger partial charge on any atom is -0.0807 e. The number of rotatable bonds is 9. The summed E-state index contributed by atoms with van der Waals surface area (Å²) in [5.74, 6) is 5.33. The largest absolute Gasteiger partial charge is 0.0807 e. The first-order valence-electron chi connectivity index (χ1n) is 18.2. The maximum atomic E-state index is 2.62. The lowest BCUT2D eigenvalue weighted by atomic mass is 9.66. The molecular weight excluding hydrogens is 516 g/mol. The molecule has 2 aromatic rings. The summed E-state index contributed by atoms with van der Waals surface area (Å²) in [6, 6.07) is 16.7. The smallest absolute Gasteiger partial charge is 0.00234 e. The van der Waals surface area contributed by atoms with E-state index >= 15 is 0 Å². The summed E-state index contributed by atoms with van der Waals surface area (Å²) in [4.78, 5) is 0. The van der Waals surface area contributed by atoms with Gasteiger partial charge >= 0.3 is 0 Å². The van der Waals surface area contributed by atoms with Crippen LogP contribution in [-0.4, -0.2) is 0 Å². The molecule has 2 atom stereocenters. The SMILES string of the molecule is CCc1cc(C2CCC(C3CCC(C(C)CC)CC3)CC2)ccc1CC1C=C(Cc2ccccc2C(C)(C)C)C(C)=CC1. The summed E-state index contributed by atoms with van der Waals surface area (Å²) < 4.78 is 0. The Morgan fingerprint density at radius 2 is 1.47 bits per heavy atom. The molecule has 0 aromatic heterocycles. The third-order valence-corrected chi connectivity index (χ3v) is 12.1. The quantitative estimate of drug-likeness (QED) is 0.278. The standard InChI is InChI=1S/C43H62/c1-8-30(3)34-16-18-35(19-17-34)36-20-22-37(23-21-36)39-25-24-38(33(9-2)28-39)26-32-15-14-31(4)41(27-32)29-40-12-10-11-13-42(40)43(5,6)7/h10-14,24-25,27-28,30,32,34-37H,8-9,15-23,26,29H2,1-7H3. The van der Waals surface area contributed by atoms with E-state index in [2.05, 4.69) is 103 Å². The Kier molecular flexibility index (Phi) is 10.8. The van der Waals surface area contributed by atoms with Crippen LogP contribution in [0.5, 0.6) is 0 Å². The van der Waals surface area contributed by atoms with Gasteiger partial charge in [-0.05, 0) is 158 Å². The van der Waals surface area contributed by atoms with Gasteiger partial charge in [-0.3, -0.25) is 0 Å². The molecule has 0 heteroatoms. The van der Waals surface area contributed by atoms with Crippen molar-refractivity contribution >= 4 is 0 Å². The summed E-state index contributed by atoms with van der Waals surface area (Å²) in [5.41, 5.74) is 11.0. The minimum absolute atomic E-state index is 0.173. The molecule has 3 aliphatic carbocycles. The van der Waals surface area contributed by atoms with Crippen LogP contribution in [0.4, 0.5) is 0 Å². The van der Waals surface area contributed by atoms with Crippen molar-refractivity contribution in [3.05, 3.63) is 93.6 Å². The number of allylic oxidation sites excluding steroid dienone is 4. The van der Waals surface area contributed by atoms with Crippen LogP contribution in [0, 0.1) is 29.6 Å². The van der Waals surface area contributed by atoms with Crippen LogP contribution in [-0.2, 0) is 24.7 Å². The molecule has 0 radical (unpaired) electrons. The Balaban J connectivity index is 1.20. The van der Waals surface area contributed by atoms with Crippen LogP contribution in [0.15, 0.2) is 65.8 Å². The molecular formula is C43H62. The highest BCUT2D eigenvalue weighted by atomic mass is 14.4. The van der Waals surface area contributed by atoms with Gasteiger partial charge < -0.3 is 0 Å². The number of benzene rings is 2. The lowest BCUT2D eigenvalue weighted by molar-refractivity contribution is 0.137. The zero-order chi connectivity index (χ0) is 30.6. The molecule has 0 spiro atoms. The van der Waals surface area contributed by atoms with Crippen LogP contribution >= 0.6 is 0 Å². The average molecular weight is 579 g/mol. The second-order valence-electron chi connectivity index (χ2n) is 15.9. The van der Waals surface area contributed by atoms with E-state index in [1.54, 1.807) is 16.7 Å². The summed E-state index contributed by atoms with van der Waals surface area (Å²) >= 11 is 0. The van der Waals surface area contributed by atoms with Gasteiger partial charge in [0.1, 0.15) is 0 Å². The van der Waals surface area contributed by atoms with E-state index in [-0.39, 0.29) is 5.41 Å². The lowest BCUT2D eigenvalue weighted by Crippen LogP contribution is -2.27. The summed E-state index contributed by atoms with van der Waals surface area (Å²) in [5, 5.41) is 0. The predicted octanol–water partition coefficient (Wildman–Crippen LogP) is 12.4. The summed E-state index contributed by atoms with van der Waals surface area (Å²) in [6.07, 6.45) is 22.8. The fraction of sp³-hybridized carbons (Fsp3) is 0.628. The average Bonchev–Trinajstić information content (AvgIpc) is 3.02. The van der Waals surface area contributed by atoms with Crippen molar-refractivity contribution < 1.29 is 0 Å². The highest BCUT2D eigenvalue weighted by molar-refractivity contribution is 5.43. The molecule has 0 bridgehead atoms. The molecule has 0 saturated heterocycles. The Morgan fingerprint density at radius 1 is 0.791 bits per heavy atom. The molecule has 2 fully saturated rings. The van der Waals surface area contributed by atoms with Crippen molar-refractivity contribution in [2.24, 2.45) is 29.6 Å². The van der Waals surface area contributed by atoms with Crippen molar-refractivity contribution in [3.8, 4) is 0 Å². The van der Waals surface area contributed by atoms with E-state index in [0.29, 0.717) is 5.92 Å². The third-order valence-electron chi connectivity index (χ3n) is 12.1. The van der Waals surface area contributed by atoms with Crippen LogP contribution in [0.2, 0.25) is 0 Å². The molecule has 0 heterocycles. The molecule has 0 N–H and O–H groups in total. The first-order valence-corrected chi connectivity index (χ1v) is 18.2. The molecule has 43 heavy (non-hydrogen) atoms. The Morgan fingerprint density at radius 3 is 2.12 bits per heavy atom. The topological polar surface area (TPSA) is 0 Å². The van der Waals surface area contributed by atoms with Crippen molar-refractivity contribution in [1.29, 1.82) is 0 Å². The molecule has 234 valence electrons. The first kappa shape index (κ1) is 32.3. The number of hydrogen-bond donors (Lipinski definition) is 0. The van der Waals surface area contributed by atoms with Crippen molar-refractivity contribution in [3.63, 3.8) is 0 Å². The summed E-state index contributed by atoms with van der Waals surface area (Å²) in [7, 11) is 0. The van der Waals surface area contributed by atoms with E-state index in [1.807, 2.05) is 0 Å². The lowest BCUT2D eigenvalue weighted by Gasteiger charge is -2.39. The second-order valence-corrected chi connectivity index (χ2v) is 15.9. The van der Waals surface area contributed by atoms with Gasteiger partial charge in [0.2, 0.25) is 0 Å². The van der Waals surface area contributed by atoms with Crippen LogP contribution in [0.1, 0.15) is 146 Å². The van der Waals surface area contributed by atoms with E-state index in [1.165, 1.54) is 92.9 Å². The van der Waals surface area contributed by atoms with Crippen molar-refractivity contribution in [1.82, 2.24) is 0 Å². The van der Waals surface area contributed by atoms with Crippen LogP contribution in [0.3, 0.4) is 0 Å². The normalized spacial score (nSPS) is 27.4. The Labute approximate surface area is 265 Å². The monoisotopic (exact) mass is 578 g/mol. The highest BCUT2D eigenvalue weighted by Crippen LogP contribution is 2.45. The van der Waals surface area contributed by atoms with Crippen molar-refractivity contribution in [2.45, 2.75) is 143 Å². The van der Waals surface area contributed by atoms with Gasteiger partial charge in [0.15, 0.2) is 0 Å². The molecule has 2 unspecified atom stereocenters. The zero-order valence-corrected chi connectivity index (χ0v) is 28.9. The Hall–Kier alpha value is -2.08. The molecule has 0 amide bonds. The van der Waals surface area contributed by atoms with E-state index in [0.717, 1.165) is 42.4 Å². The molecule has 0 aliphatic heterocycles. The Bertz CT molecular complexity index is 1250. The van der Waals surface area contributed by atoms with Gasteiger partial charge in [0.05, 0.1) is 0 Å². The second kappa shape index (κ2) is 14.3.